The third-order valence-corrected chi connectivity index (χ3v) is 6.42. The number of carbonyl (C=O) groups is 1. The van der Waals surface area contributed by atoms with Crippen LogP contribution >= 0.6 is 12.4 Å². The number of hydrogen-bond donors (Lipinski definition) is 1. The minimum absolute atomic E-state index is 0. The third-order valence-electron chi connectivity index (χ3n) is 4.67. The Labute approximate surface area is 139 Å². The second kappa shape index (κ2) is 8.47. The minimum atomic E-state index is -2.96. The Morgan fingerprint density at radius 2 is 2.05 bits per heavy atom. The van der Waals surface area contributed by atoms with Crippen molar-refractivity contribution in [2.75, 3.05) is 37.7 Å². The van der Waals surface area contributed by atoms with Gasteiger partial charge in [0.25, 0.3) is 0 Å². The smallest absolute Gasteiger partial charge is 0.237 e. The molecule has 2 aliphatic heterocycles. The van der Waals surface area contributed by atoms with E-state index in [2.05, 4.69) is 4.90 Å². The lowest BCUT2D eigenvalue weighted by Gasteiger charge is -2.36. The Morgan fingerprint density at radius 3 is 2.59 bits per heavy atom. The highest BCUT2D eigenvalue weighted by Gasteiger charge is 2.35. The second-order valence-electron chi connectivity index (χ2n) is 6.09. The highest BCUT2D eigenvalue weighted by molar-refractivity contribution is 7.91. The van der Waals surface area contributed by atoms with Crippen LogP contribution in [-0.4, -0.2) is 73.9 Å². The van der Waals surface area contributed by atoms with Crippen molar-refractivity contribution in [2.45, 2.75) is 44.7 Å². The summed E-state index contributed by atoms with van der Waals surface area (Å²) in [4.78, 5) is 16.5. The average Bonchev–Trinajstić information content (AvgIpc) is 2.80. The third kappa shape index (κ3) is 4.81. The molecule has 2 unspecified atom stereocenters. The molecule has 130 valence electrons. The number of nitrogens with two attached hydrogens (primary N) is 1. The molecule has 0 aromatic rings. The van der Waals surface area contributed by atoms with E-state index in [9.17, 15) is 13.2 Å². The van der Waals surface area contributed by atoms with Gasteiger partial charge in [-0.1, -0.05) is 6.42 Å². The SMILES string of the molecule is CCN(C(=O)CN1CCCCC1CN)C1CCS(=O)(=O)C1.Cl. The summed E-state index contributed by atoms with van der Waals surface area (Å²) in [6.45, 7) is 4.34. The zero-order valence-corrected chi connectivity index (χ0v) is 14.9. The Bertz CT molecular complexity index is 472. The van der Waals surface area contributed by atoms with Crippen LogP contribution in [0.15, 0.2) is 0 Å². The molecule has 1 amide bonds. The van der Waals surface area contributed by atoms with Crippen LogP contribution in [0.1, 0.15) is 32.6 Å². The standard InChI is InChI=1S/C14H27N3O3S.ClH/c1-2-17(13-6-8-21(19,20)11-13)14(18)10-16-7-4-3-5-12(16)9-15;/h12-13H,2-11,15H2,1H3;1H. The maximum atomic E-state index is 12.6. The van der Waals surface area contributed by atoms with Crippen LogP contribution in [0.4, 0.5) is 0 Å². The fraction of sp³-hybridized carbons (Fsp3) is 0.929. The van der Waals surface area contributed by atoms with E-state index in [0.29, 0.717) is 26.1 Å². The van der Waals surface area contributed by atoms with E-state index in [1.54, 1.807) is 4.90 Å². The number of halogens is 1. The predicted molar refractivity (Wildman–Crippen MR) is 90.0 cm³/mol. The molecule has 2 aliphatic rings. The molecule has 22 heavy (non-hydrogen) atoms. The van der Waals surface area contributed by atoms with Crippen LogP contribution in [0.2, 0.25) is 0 Å². The number of hydrogen-bond acceptors (Lipinski definition) is 5. The number of sulfone groups is 1. The van der Waals surface area contributed by atoms with Gasteiger partial charge in [0.1, 0.15) is 0 Å². The molecular weight excluding hydrogens is 326 g/mol. The summed E-state index contributed by atoms with van der Waals surface area (Å²) in [6.07, 6.45) is 3.90. The number of likely N-dealkylation sites (tertiary alicyclic amines) is 1. The first-order valence-corrected chi connectivity index (χ1v) is 9.73. The van der Waals surface area contributed by atoms with Crippen LogP contribution in [-0.2, 0) is 14.6 Å². The van der Waals surface area contributed by atoms with E-state index in [1.807, 2.05) is 6.92 Å². The van der Waals surface area contributed by atoms with Crippen LogP contribution in [0.3, 0.4) is 0 Å². The van der Waals surface area contributed by atoms with E-state index in [1.165, 1.54) is 6.42 Å². The van der Waals surface area contributed by atoms with Crippen LogP contribution < -0.4 is 5.73 Å². The highest BCUT2D eigenvalue weighted by atomic mass is 35.5. The van der Waals surface area contributed by atoms with Crippen molar-refractivity contribution < 1.29 is 13.2 Å². The predicted octanol–water partition coefficient (Wildman–Crippen LogP) is 0.257. The van der Waals surface area contributed by atoms with Crippen LogP contribution in [0.5, 0.6) is 0 Å². The number of rotatable bonds is 5. The van der Waals surface area contributed by atoms with Crippen molar-refractivity contribution in [3.8, 4) is 0 Å². The van der Waals surface area contributed by atoms with Crippen molar-refractivity contribution in [3.63, 3.8) is 0 Å². The first kappa shape index (κ1) is 19.7. The molecule has 0 radical (unpaired) electrons. The number of amides is 1. The molecule has 2 heterocycles. The molecule has 0 aromatic carbocycles. The normalized spacial score (nSPS) is 28.1. The summed E-state index contributed by atoms with van der Waals surface area (Å²) in [7, 11) is -2.96. The summed E-state index contributed by atoms with van der Waals surface area (Å²) in [5, 5.41) is 0. The lowest BCUT2D eigenvalue weighted by Crippen LogP contribution is -2.51. The van der Waals surface area contributed by atoms with E-state index >= 15 is 0 Å². The van der Waals surface area contributed by atoms with Crippen LogP contribution in [0.25, 0.3) is 0 Å². The van der Waals surface area contributed by atoms with Crippen molar-refractivity contribution in [1.29, 1.82) is 0 Å². The van der Waals surface area contributed by atoms with Gasteiger partial charge in [0.05, 0.1) is 18.1 Å². The van der Waals surface area contributed by atoms with Gasteiger partial charge in [0.2, 0.25) is 5.91 Å². The lowest BCUT2D eigenvalue weighted by molar-refractivity contribution is -0.135. The highest BCUT2D eigenvalue weighted by Crippen LogP contribution is 2.20. The van der Waals surface area contributed by atoms with E-state index in [4.69, 9.17) is 5.73 Å². The fourth-order valence-electron chi connectivity index (χ4n) is 3.46. The molecule has 2 fully saturated rings. The molecule has 0 bridgehead atoms. The zero-order valence-electron chi connectivity index (χ0n) is 13.2. The Hall–Kier alpha value is -0.370. The van der Waals surface area contributed by atoms with Crippen molar-refractivity contribution in [3.05, 3.63) is 0 Å². The first-order chi connectivity index (χ1) is 9.96. The minimum Gasteiger partial charge on any atom is -0.338 e. The summed E-state index contributed by atoms with van der Waals surface area (Å²) in [5.74, 6) is 0.365. The lowest BCUT2D eigenvalue weighted by atomic mass is 10.0. The van der Waals surface area contributed by atoms with Gasteiger partial charge in [-0.15, -0.1) is 12.4 Å². The number of nitrogens with zero attached hydrogens (tertiary/aromatic N) is 2. The Kier molecular flexibility index (Phi) is 7.58. The van der Waals surface area contributed by atoms with Gasteiger partial charge in [0, 0.05) is 25.2 Å². The van der Waals surface area contributed by atoms with Gasteiger partial charge in [-0.3, -0.25) is 9.69 Å². The summed E-state index contributed by atoms with van der Waals surface area (Å²) in [5.41, 5.74) is 5.79. The summed E-state index contributed by atoms with van der Waals surface area (Å²) < 4.78 is 23.2. The first-order valence-electron chi connectivity index (χ1n) is 7.91. The maximum Gasteiger partial charge on any atom is 0.237 e. The Balaban J connectivity index is 0.00000242. The molecule has 0 spiro atoms. The molecule has 0 aliphatic carbocycles. The molecular formula is C14H28ClN3O3S. The van der Waals surface area contributed by atoms with Crippen molar-refractivity contribution in [1.82, 2.24) is 9.80 Å². The molecule has 2 saturated heterocycles. The van der Waals surface area contributed by atoms with Gasteiger partial charge >= 0.3 is 0 Å². The number of piperidine rings is 1. The molecule has 0 saturated carbocycles. The van der Waals surface area contributed by atoms with Gasteiger partial charge in [-0.2, -0.15) is 0 Å². The van der Waals surface area contributed by atoms with Crippen LogP contribution in [0, 0.1) is 0 Å². The van der Waals surface area contributed by atoms with Crippen molar-refractivity contribution in [2.24, 2.45) is 5.73 Å². The van der Waals surface area contributed by atoms with E-state index < -0.39 is 9.84 Å². The van der Waals surface area contributed by atoms with Gasteiger partial charge in [-0.25, -0.2) is 8.42 Å². The maximum absolute atomic E-state index is 12.6. The van der Waals surface area contributed by atoms with Crippen molar-refractivity contribution >= 4 is 28.2 Å². The van der Waals surface area contributed by atoms with Gasteiger partial charge in [0.15, 0.2) is 9.84 Å². The van der Waals surface area contributed by atoms with E-state index in [-0.39, 0.29) is 41.9 Å². The Morgan fingerprint density at radius 1 is 1.32 bits per heavy atom. The monoisotopic (exact) mass is 353 g/mol. The second-order valence-corrected chi connectivity index (χ2v) is 8.32. The average molecular weight is 354 g/mol. The number of carbonyl (C=O) groups excluding carboxylic acids is 1. The molecule has 2 rings (SSSR count). The fourth-order valence-corrected chi connectivity index (χ4v) is 5.19. The van der Waals surface area contributed by atoms with Gasteiger partial charge < -0.3 is 10.6 Å². The summed E-state index contributed by atoms with van der Waals surface area (Å²) >= 11 is 0. The molecule has 2 N–H and O–H groups in total. The molecule has 0 aromatic heterocycles. The topological polar surface area (TPSA) is 83.7 Å². The number of likely N-dealkylation sites (N-methyl/N-ethyl adjacent to an activating group) is 1. The molecule has 6 nitrogen and oxygen atoms in total. The zero-order chi connectivity index (χ0) is 15.5. The largest absolute Gasteiger partial charge is 0.338 e. The van der Waals surface area contributed by atoms with E-state index in [0.717, 1.165) is 19.4 Å². The van der Waals surface area contributed by atoms with Gasteiger partial charge in [-0.05, 0) is 32.7 Å². The quantitative estimate of drug-likeness (QED) is 0.766. The molecule has 8 heteroatoms. The summed E-state index contributed by atoms with van der Waals surface area (Å²) in [6, 6.07) is 0.141. The molecule has 2 atom stereocenters.